The molecule has 10 rings (SSSR count). The Morgan fingerprint density at radius 1 is 0.453 bits per heavy atom. The molecule has 2 nitrogen and oxygen atoms in total. The monoisotopic (exact) mass is 679 g/mol. The summed E-state index contributed by atoms with van der Waals surface area (Å²) < 4.78 is 6.36. The number of benzene rings is 8. The standard InChI is InChI=1S/C51H37NO/c1-34-42(16-9-17-43(34)45-18-10-19-46-44-14-6-5-13-37(44)25-31-47(45)46)38-23-28-40(29-24-38)52(39-26-21-36(22-27-39)35-11-3-2-4-12-35)41-30-32-49-48-15-7-8-20-50(48)53-51(49)33-41/h2-34,43H,1H3. The summed E-state index contributed by atoms with van der Waals surface area (Å²) in [4.78, 5) is 2.33. The fourth-order valence-corrected chi connectivity index (χ4v) is 8.42. The van der Waals surface area contributed by atoms with E-state index in [1.165, 1.54) is 49.4 Å². The van der Waals surface area contributed by atoms with Gasteiger partial charge >= 0.3 is 0 Å². The van der Waals surface area contributed by atoms with Crippen LogP contribution in [0.1, 0.15) is 24.0 Å². The molecule has 0 saturated carbocycles. The molecule has 0 fully saturated rings. The van der Waals surface area contributed by atoms with E-state index in [2.05, 4.69) is 194 Å². The van der Waals surface area contributed by atoms with Gasteiger partial charge in [0, 0.05) is 39.8 Å². The fourth-order valence-electron chi connectivity index (χ4n) is 8.42. The molecule has 53 heavy (non-hydrogen) atoms. The van der Waals surface area contributed by atoms with Crippen molar-refractivity contribution >= 4 is 66.1 Å². The first kappa shape index (κ1) is 31.1. The SMILES string of the molecule is CC1C(c2ccc(N(c3ccc(-c4ccccc4)cc3)c3ccc4c(c3)oc3ccccc34)cc2)=CC=CC1c1cccc2c1ccc1ccccc12. The van der Waals surface area contributed by atoms with Gasteiger partial charge in [-0.25, -0.2) is 0 Å². The zero-order chi connectivity index (χ0) is 35.3. The molecule has 1 heterocycles. The maximum atomic E-state index is 6.36. The molecule has 2 heteroatoms. The Labute approximate surface area is 309 Å². The van der Waals surface area contributed by atoms with Crippen molar-refractivity contribution < 1.29 is 4.42 Å². The van der Waals surface area contributed by atoms with E-state index in [-0.39, 0.29) is 5.92 Å². The predicted octanol–water partition coefficient (Wildman–Crippen LogP) is 14.4. The van der Waals surface area contributed by atoms with Crippen LogP contribution in [0.5, 0.6) is 0 Å². The summed E-state index contributed by atoms with van der Waals surface area (Å²) in [5.74, 6) is 0.578. The number of para-hydroxylation sites is 1. The molecule has 1 aliphatic rings. The van der Waals surface area contributed by atoms with Gasteiger partial charge in [-0.05, 0) is 97.8 Å². The predicted molar refractivity (Wildman–Crippen MR) is 224 cm³/mol. The van der Waals surface area contributed by atoms with Crippen LogP contribution in [0.25, 0.3) is 60.2 Å². The Kier molecular flexibility index (Phi) is 7.54. The second-order valence-corrected chi connectivity index (χ2v) is 14.1. The van der Waals surface area contributed by atoms with Gasteiger partial charge in [-0.2, -0.15) is 0 Å². The minimum atomic E-state index is 0.273. The van der Waals surface area contributed by atoms with Gasteiger partial charge in [0.05, 0.1) is 0 Å². The topological polar surface area (TPSA) is 16.4 Å². The summed E-state index contributed by atoms with van der Waals surface area (Å²) in [6, 6.07) is 63.4. The van der Waals surface area contributed by atoms with Crippen LogP contribution in [0, 0.1) is 5.92 Å². The third-order valence-electron chi connectivity index (χ3n) is 11.1. The average Bonchev–Trinajstić information content (AvgIpc) is 3.60. The Hall–Kier alpha value is -6.64. The Morgan fingerprint density at radius 3 is 1.89 bits per heavy atom. The molecule has 2 unspecified atom stereocenters. The molecule has 1 aromatic heterocycles. The molecule has 9 aromatic rings. The number of allylic oxidation sites excluding steroid dienone is 4. The third kappa shape index (κ3) is 5.43. The van der Waals surface area contributed by atoms with Gasteiger partial charge in [0.2, 0.25) is 0 Å². The highest BCUT2D eigenvalue weighted by atomic mass is 16.3. The van der Waals surface area contributed by atoms with E-state index in [1.807, 2.05) is 12.1 Å². The smallest absolute Gasteiger partial charge is 0.137 e. The highest BCUT2D eigenvalue weighted by Gasteiger charge is 2.26. The molecule has 0 saturated heterocycles. The van der Waals surface area contributed by atoms with Crippen molar-refractivity contribution in [2.24, 2.45) is 5.92 Å². The fraction of sp³-hybridized carbons (Fsp3) is 0.0588. The summed E-state index contributed by atoms with van der Waals surface area (Å²) in [5, 5.41) is 7.50. The number of hydrogen-bond donors (Lipinski definition) is 0. The maximum Gasteiger partial charge on any atom is 0.137 e. The van der Waals surface area contributed by atoms with Gasteiger partial charge in [0.1, 0.15) is 11.2 Å². The van der Waals surface area contributed by atoms with Crippen molar-refractivity contribution in [1.82, 2.24) is 0 Å². The van der Waals surface area contributed by atoms with Crippen LogP contribution in [-0.4, -0.2) is 0 Å². The first-order valence-corrected chi connectivity index (χ1v) is 18.5. The summed E-state index contributed by atoms with van der Waals surface area (Å²) in [6.07, 6.45) is 6.92. The molecule has 252 valence electrons. The van der Waals surface area contributed by atoms with Gasteiger partial charge in [0.25, 0.3) is 0 Å². The van der Waals surface area contributed by atoms with Gasteiger partial charge in [-0.15, -0.1) is 0 Å². The van der Waals surface area contributed by atoms with Crippen LogP contribution >= 0.6 is 0 Å². The lowest BCUT2D eigenvalue weighted by Crippen LogP contribution is -2.13. The van der Waals surface area contributed by atoms with E-state index in [9.17, 15) is 0 Å². The highest BCUT2D eigenvalue weighted by molar-refractivity contribution is 6.09. The second kappa shape index (κ2) is 12.8. The quantitative estimate of drug-likeness (QED) is 0.163. The lowest BCUT2D eigenvalue weighted by atomic mass is 9.75. The maximum absolute atomic E-state index is 6.36. The summed E-state index contributed by atoms with van der Waals surface area (Å²) in [7, 11) is 0. The Bertz CT molecular complexity index is 2840. The van der Waals surface area contributed by atoms with Crippen molar-refractivity contribution in [3.63, 3.8) is 0 Å². The normalized spacial score (nSPS) is 15.7. The molecule has 0 N–H and O–H groups in total. The number of rotatable bonds is 6. The van der Waals surface area contributed by atoms with Gasteiger partial charge in [0.15, 0.2) is 0 Å². The largest absolute Gasteiger partial charge is 0.456 e. The van der Waals surface area contributed by atoms with E-state index in [4.69, 9.17) is 4.42 Å². The van der Waals surface area contributed by atoms with E-state index < -0.39 is 0 Å². The first-order chi connectivity index (χ1) is 26.2. The number of nitrogens with zero attached hydrogens (tertiary/aromatic N) is 1. The van der Waals surface area contributed by atoms with E-state index in [1.54, 1.807) is 0 Å². The van der Waals surface area contributed by atoms with E-state index >= 15 is 0 Å². The number of furan rings is 1. The van der Waals surface area contributed by atoms with Crippen molar-refractivity contribution in [2.45, 2.75) is 12.8 Å². The zero-order valence-electron chi connectivity index (χ0n) is 29.5. The number of anilines is 3. The van der Waals surface area contributed by atoms with Crippen molar-refractivity contribution in [1.29, 1.82) is 0 Å². The molecule has 2 atom stereocenters. The van der Waals surface area contributed by atoms with Gasteiger partial charge in [-0.3, -0.25) is 0 Å². The molecular weight excluding hydrogens is 643 g/mol. The van der Waals surface area contributed by atoms with Crippen molar-refractivity contribution in [2.75, 3.05) is 4.90 Å². The van der Waals surface area contributed by atoms with Crippen LogP contribution in [0.2, 0.25) is 0 Å². The lowest BCUT2D eigenvalue weighted by Gasteiger charge is -2.29. The lowest BCUT2D eigenvalue weighted by molar-refractivity contribution is 0.657. The Balaban J connectivity index is 1.01. The van der Waals surface area contributed by atoms with Crippen LogP contribution in [0.15, 0.2) is 199 Å². The third-order valence-corrected chi connectivity index (χ3v) is 11.1. The summed E-state index contributed by atoms with van der Waals surface area (Å²) >= 11 is 0. The minimum Gasteiger partial charge on any atom is -0.456 e. The second-order valence-electron chi connectivity index (χ2n) is 14.1. The van der Waals surface area contributed by atoms with Crippen LogP contribution in [-0.2, 0) is 0 Å². The van der Waals surface area contributed by atoms with Gasteiger partial charge in [-0.1, -0.05) is 153 Å². The van der Waals surface area contributed by atoms with Crippen LogP contribution < -0.4 is 4.90 Å². The zero-order valence-corrected chi connectivity index (χ0v) is 29.5. The molecular formula is C51H37NO. The number of hydrogen-bond acceptors (Lipinski definition) is 2. The molecule has 0 spiro atoms. The first-order valence-electron chi connectivity index (χ1n) is 18.5. The van der Waals surface area contributed by atoms with Gasteiger partial charge < -0.3 is 9.32 Å². The number of fused-ring (bicyclic) bond motifs is 6. The minimum absolute atomic E-state index is 0.273. The van der Waals surface area contributed by atoms with Crippen molar-refractivity contribution in [3.8, 4) is 11.1 Å². The average molecular weight is 680 g/mol. The van der Waals surface area contributed by atoms with Crippen LogP contribution in [0.4, 0.5) is 17.1 Å². The molecule has 1 aliphatic carbocycles. The summed E-state index contributed by atoms with van der Waals surface area (Å²) in [6.45, 7) is 2.37. The van der Waals surface area contributed by atoms with E-state index in [0.29, 0.717) is 5.92 Å². The van der Waals surface area contributed by atoms with E-state index in [0.717, 1.165) is 39.0 Å². The Morgan fingerprint density at radius 2 is 1.08 bits per heavy atom. The van der Waals surface area contributed by atoms with Crippen LogP contribution in [0.3, 0.4) is 0 Å². The molecule has 0 aliphatic heterocycles. The molecule has 0 amide bonds. The molecule has 8 aromatic carbocycles. The molecule has 0 radical (unpaired) electrons. The summed E-state index contributed by atoms with van der Waals surface area (Å²) in [5.41, 5.74) is 11.4. The molecule has 0 bridgehead atoms. The van der Waals surface area contributed by atoms with Crippen molar-refractivity contribution in [3.05, 3.63) is 205 Å². The highest BCUT2D eigenvalue weighted by Crippen LogP contribution is 2.44.